The fraction of sp³-hybridized carbons (Fsp3) is 0.185. The number of halogens is 2. The van der Waals surface area contributed by atoms with Gasteiger partial charge in [-0.15, -0.1) is 0 Å². The standard InChI is InChI=1S/C27H22F2N4/c28-23-7-3-6-22(25(23)29)26-32-24-15-20(19-9-8-17-4-1-2-5-18(17)14-19)16-31-27(24)33(26)21-10-12-30-13-11-21/h1-9,14-16,21,30H,10-13H2. The largest absolute Gasteiger partial charge is 0.317 e. The van der Waals surface area contributed by atoms with Crippen LogP contribution in [0, 0.1) is 11.6 Å². The van der Waals surface area contributed by atoms with Gasteiger partial charge >= 0.3 is 0 Å². The van der Waals surface area contributed by atoms with Crippen molar-refractivity contribution in [2.45, 2.75) is 18.9 Å². The molecule has 4 nitrogen and oxygen atoms in total. The summed E-state index contributed by atoms with van der Waals surface area (Å²) in [6.45, 7) is 1.73. The number of pyridine rings is 1. The second kappa shape index (κ2) is 8.05. The highest BCUT2D eigenvalue weighted by Crippen LogP contribution is 2.34. The summed E-state index contributed by atoms with van der Waals surface area (Å²) >= 11 is 0. The molecule has 0 unspecified atom stereocenters. The lowest BCUT2D eigenvalue weighted by Gasteiger charge is -2.26. The number of nitrogens with zero attached hydrogens (tertiary/aromatic N) is 3. The Bertz CT molecular complexity index is 1480. The molecule has 0 radical (unpaired) electrons. The van der Waals surface area contributed by atoms with Crippen LogP contribution in [-0.2, 0) is 0 Å². The maximum absolute atomic E-state index is 14.8. The Kier molecular flexibility index (Phi) is 4.88. The van der Waals surface area contributed by atoms with Crippen LogP contribution < -0.4 is 5.32 Å². The third kappa shape index (κ3) is 3.47. The highest BCUT2D eigenvalue weighted by atomic mass is 19.2. The van der Waals surface area contributed by atoms with Crippen LogP contribution in [0.25, 0.3) is 44.5 Å². The predicted octanol–water partition coefficient (Wildman–Crippen LogP) is 6.12. The smallest absolute Gasteiger partial charge is 0.169 e. The van der Waals surface area contributed by atoms with E-state index in [1.54, 1.807) is 6.07 Å². The zero-order valence-electron chi connectivity index (χ0n) is 17.9. The summed E-state index contributed by atoms with van der Waals surface area (Å²) in [7, 11) is 0. The number of imidazole rings is 1. The molecule has 0 spiro atoms. The van der Waals surface area contributed by atoms with Gasteiger partial charge in [0.05, 0.1) is 5.56 Å². The minimum Gasteiger partial charge on any atom is -0.317 e. The molecule has 6 rings (SSSR count). The lowest BCUT2D eigenvalue weighted by molar-refractivity contribution is 0.375. The van der Waals surface area contributed by atoms with Crippen LogP contribution >= 0.6 is 0 Å². The normalized spacial score (nSPS) is 14.8. The lowest BCUT2D eigenvalue weighted by Crippen LogP contribution is -2.29. The van der Waals surface area contributed by atoms with Crippen LogP contribution in [-0.4, -0.2) is 27.6 Å². The fourth-order valence-corrected chi connectivity index (χ4v) is 4.79. The van der Waals surface area contributed by atoms with Gasteiger partial charge in [-0.05, 0) is 66.5 Å². The molecule has 1 aliphatic heterocycles. The molecule has 2 aromatic heterocycles. The number of benzene rings is 3. The number of hydrogen-bond donors (Lipinski definition) is 1. The van der Waals surface area contributed by atoms with E-state index in [2.05, 4.69) is 35.6 Å². The quantitative estimate of drug-likeness (QED) is 0.367. The molecule has 1 aliphatic rings. The van der Waals surface area contributed by atoms with Gasteiger partial charge in [-0.25, -0.2) is 18.7 Å². The van der Waals surface area contributed by atoms with E-state index >= 15 is 0 Å². The summed E-state index contributed by atoms with van der Waals surface area (Å²) in [5.74, 6) is -1.32. The van der Waals surface area contributed by atoms with E-state index < -0.39 is 11.6 Å². The van der Waals surface area contributed by atoms with E-state index in [9.17, 15) is 8.78 Å². The molecule has 5 aromatic rings. The van der Waals surface area contributed by atoms with Crippen molar-refractivity contribution in [1.29, 1.82) is 0 Å². The molecule has 33 heavy (non-hydrogen) atoms. The molecular weight excluding hydrogens is 418 g/mol. The van der Waals surface area contributed by atoms with Gasteiger partial charge < -0.3 is 9.88 Å². The van der Waals surface area contributed by atoms with Gasteiger partial charge in [0.15, 0.2) is 17.3 Å². The minimum atomic E-state index is -0.877. The minimum absolute atomic E-state index is 0.118. The van der Waals surface area contributed by atoms with Gasteiger partial charge in [0.25, 0.3) is 0 Å². The van der Waals surface area contributed by atoms with Gasteiger partial charge in [-0.1, -0.05) is 42.5 Å². The molecule has 1 N–H and O–H groups in total. The molecule has 0 aliphatic carbocycles. The molecule has 3 heterocycles. The van der Waals surface area contributed by atoms with Crippen LogP contribution in [0.15, 0.2) is 72.9 Å². The number of hydrogen-bond acceptors (Lipinski definition) is 3. The summed E-state index contributed by atoms with van der Waals surface area (Å²) in [6.07, 6.45) is 3.60. The van der Waals surface area contributed by atoms with Gasteiger partial charge in [0, 0.05) is 17.8 Å². The van der Waals surface area contributed by atoms with Gasteiger partial charge in [-0.2, -0.15) is 0 Å². The zero-order chi connectivity index (χ0) is 22.4. The number of rotatable bonds is 3. The number of nitrogens with one attached hydrogen (secondary N) is 1. The van der Waals surface area contributed by atoms with Crippen LogP contribution in [0.3, 0.4) is 0 Å². The van der Waals surface area contributed by atoms with Crippen molar-refractivity contribution in [1.82, 2.24) is 19.9 Å². The third-order valence-electron chi connectivity index (χ3n) is 6.48. The van der Waals surface area contributed by atoms with Crippen molar-refractivity contribution in [3.05, 3.63) is 84.6 Å². The first-order chi connectivity index (χ1) is 16.2. The highest BCUT2D eigenvalue weighted by molar-refractivity contribution is 5.89. The predicted molar refractivity (Wildman–Crippen MR) is 127 cm³/mol. The Hall–Kier alpha value is -3.64. The van der Waals surface area contributed by atoms with Crippen molar-refractivity contribution in [3.8, 4) is 22.5 Å². The SMILES string of the molecule is Fc1cccc(-c2nc3cc(-c4ccc5ccccc5c4)cnc3n2C2CCNCC2)c1F. The van der Waals surface area contributed by atoms with Crippen LogP contribution in [0.2, 0.25) is 0 Å². The van der Waals surface area contributed by atoms with E-state index in [0.29, 0.717) is 17.0 Å². The van der Waals surface area contributed by atoms with E-state index in [4.69, 9.17) is 9.97 Å². The Balaban J connectivity index is 1.53. The second-order valence-corrected chi connectivity index (χ2v) is 8.52. The maximum Gasteiger partial charge on any atom is 0.169 e. The molecule has 0 saturated carbocycles. The first-order valence-corrected chi connectivity index (χ1v) is 11.2. The zero-order valence-corrected chi connectivity index (χ0v) is 17.9. The summed E-state index contributed by atoms with van der Waals surface area (Å²) in [4.78, 5) is 9.56. The molecule has 3 aromatic carbocycles. The molecule has 1 fully saturated rings. The Morgan fingerprint density at radius 3 is 2.52 bits per heavy atom. The highest BCUT2D eigenvalue weighted by Gasteiger charge is 2.25. The number of aromatic nitrogens is 3. The molecular formula is C27H22F2N4. The topological polar surface area (TPSA) is 42.7 Å². The average molecular weight is 440 g/mol. The van der Waals surface area contributed by atoms with Crippen molar-refractivity contribution in [2.24, 2.45) is 0 Å². The fourth-order valence-electron chi connectivity index (χ4n) is 4.79. The van der Waals surface area contributed by atoms with Crippen LogP contribution in [0.4, 0.5) is 8.78 Å². The van der Waals surface area contributed by atoms with Crippen molar-refractivity contribution >= 4 is 21.9 Å². The summed E-state index contributed by atoms with van der Waals surface area (Å²) in [5.41, 5.74) is 3.52. The molecule has 0 amide bonds. The first-order valence-electron chi connectivity index (χ1n) is 11.2. The molecule has 6 heteroatoms. The van der Waals surface area contributed by atoms with Crippen LogP contribution in [0.1, 0.15) is 18.9 Å². The third-order valence-corrected chi connectivity index (χ3v) is 6.48. The summed E-state index contributed by atoms with van der Waals surface area (Å²) in [5, 5.41) is 5.69. The Morgan fingerprint density at radius 1 is 0.848 bits per heavy atom. The van der Waals surface area contributed by atoms with Crippen molar-refractivity contribution in [2.75, 3.05) is 13.1 Å². The summed E-state index contributed by atoms with van der Waals surface area (Å²) < 4.78 is 30.9. The molecule has 0 bridgehead atoms. The van der Waals surface area contributed by atoms with Gasteiger partial charge in [0.1, 0.15) is 11.3 Å². The van der Waals surface area contributed by atoms with Crippen molar-refractivity contribution < 1.29 is 8.78 Å². The lowest BCUT2D eigenvalue weighted by atomic mass is 10.0. The molecule has 164 valence electrons. The molecule has 0 atom stereocenters. The van der Waals surface area contributed by atoms with E-state index in [1.807, 2.05) is 29.0 Å². The van der Waals surface area contributed by atoms with Gasteiger partial charge in [-0.3, -0.25) is 0 Å². The van der Waals surface area contributed by atoms with Gasteiger partial charge in [0.2, 0.25) is 0 Å². The monoisotopic (exact) mass is 440 g/mol. The van der Waals surface area contributed by atoms with E-state index in [1.165, 1.54) is 11.5 Å². The second-order valence-electron chi connectivity index (χ2n) is 8.52. The average Bonchev–Trinajstić information content (AvgIpc) is 3.24. The maximum atomic E-state index is 14.8. The summed E-state index contributed by atoms with van der Waals surface area (Å²) in [6, 6.07) is 20.9. The number of piperidine rings is 1. The van der Waals surface area contributed by atoms with Crippen LogP contribution in [0.5, 0.6) is 0 Å². The Labute approximate surface area is 189 Å². The van der Waals surface area contributed by atoms with E-state index in [-0.39, 0.29) is 11.6 Å². The number of fused-ring (bicyclic) bond motifs is 2. The Morgan fingerprint density at radius 2 is 1.67 bits per heavy atom. The van der Waals surface area contributed by atoms with E-state index in [0.717, 1.165) is 48.5 Å². The van der Waals surface area contributed by atoms with Crippen molar-refractivity contribution in [3.63, 3.8) is 0 Å². The first kappa shape index (κ1) is 20.0. The molecule has 1 saturated heterocycles.